The van der Waals surface area contributed by atoms with Crippen molar-refractivity contribution in [2.45, 2.75) is 25.2 Å². The van der Waals surface area contributed by atoms with Crippen LogP contribution in [0.2, 0.25) is 0 Å². The van der Waals surface area contributed by atoms with Crippen LogP contribution < -0.4 is 10.5 Å². The van der Waals surface area contributed by atoms with Crippen molar-refractivity contribution in [2.75, 3.05) is 0 Å². The molecule has 0 saturated heterocycles. The lowest BCUT2D eigenvalue weighted by Crippen LogP contribution is -2.30. The lowest BCUT2D eigenvalue weighted by Gasteiger charge is -2.13. The molecular weight excluding hydrogens is 251 g/mol. The summed E-state index contributed by atoms with van der Waals surface area (Å²) in [6.45, 7) is 0. The smallest absolute Gasteiger partial charge is 0.480 e. The van der Waals surface area contributed by atoms with Crippen molar-refractivity contribution in [2.24, 2.45) is 5.73 Å². The van der Waals surface area contributed by atoms with Crippen molar-refractivity contribution in [3.63, 3.8) is 0 Å². The van der Waals surface area contributed by atoms with Crippen LogP contribution in [-0.4, -0.2) is 23.5 Å². The van der Waals surface area contributed by atoms with Gasteiger partial charge in [-0.2, -0.15) is 0 Å². The molecule has 0 aromatic heterocycles. The molecule has 3 N–H and O–H groups in total. The first-order valence-electron chi connectivity index (χ1n) is 5.11. The Morgan fingerprint density at radius 2 is 2.00 bits per heavy atom. The molecule has 0 heterocycles. The zero-order valence-corrected chi connectivity index (χ0v) is 9.28. The number of aryl methyl sites for hydroxylation is 1. The minimum absolute atomic E-state index is 0.0353. The second kappa shape index (κ2) is 5.72. The minimum Gasteiger partial charge on any atom is -0.480 e. The van der Waals surface area contributed by atoms with E-state index in [1.807, 2.05) is 0 Å². The van der Waals surface area contributed by atoms with E-state index in [0.717, 1.165) is 0 Å². The van der Waals surface area contributed by atoms with Gasteiger partial charge in [-0.05, 0) is 24.5 Å². The zero-order chi connectivity index (χ0) is 13.8. The van der Waals surface area contributed by atoms with E-state index < -0.39 is 18.4 Å². The Labute approximate surface area is 101 Å². The standard InChI is InChI=1S/C11H12F3NO3/c12-11(13,14)18-9-4-2-1-3-7(9)5-6-8(15)10(16)17/h1-4,8H,5-6,15H2,(H,16,17)/t8-/m1/s1. The molecule has 0 fully saturated rings. The maximum atomic E-state index is 12.1. The van der Waals surface area contributed by atoms with E-state index >= 15 is 0 Å². The number of carboxylic acids is 1. The minimum atomic E-state index is -4.77. The topological polar surface area (TPSA) is 72.5 Å². The quantitative estimate of drug-likeness (QED) is 0.851. The number of ether oxygens (including phenoxy) is 1. The summed E-state index contributed by atoms with van der Waals surface area (Å²) >= 11 is 0. The monoisotopic (exact) mass is 263 g/mol. The summed E-state index contributed by atoms with van der Waals surface area (Å²) in [5.74, 6) is -1.52. The van der Waals surface area contributed by atoms with Crippen LogP contribution in [0.5, 0.6) is 5.75 Å². The van der Waals surface area contributed by atoms with Crippen molar-refractivity contribution >= 4 is 5.97 Å². The highest BCUT2D eigenvalue weighted by Crippen LogP contribution is 2.27. The summed E-state index contributed by atoms with van der Waals surface area (Å²) < 4.78 is 40.2. The molecule has 0 bridgehead atoms. The molecule has 0 saturated carbocycles. The van der Waals surface area contributed by atoms with Crippen molar-refractivity contribution in [1.82, 2.24) is 0 Å². The second-order valence-electron chi connectivity index (χ2n) is 3.64. The van der Waals surface area contributed by atoms with E-state index in [4.69, 9.17) is 10.8 Å². The van der Waals surface area contributed by atoms with Gasteiger partial charge in [-0.25, -0.2) is 0 Å². The molecule has 0 amide bonds. The summed E-state index contributed by atoms with van der Waals surface area (Å²) in [6, 6.07) is 4.46. The number of benzene rings is 1. The number of hydrogen-bond donors (Lipinski definition) is 2. The van der Waals surface area contributed by atoms with Crippen molar-refractivity contribution in [3.05, 3.63) is 29.8 Å². The number of rotatable bonds is 5. The van der Waals surface area contributed by atoms with Gasteiger partial charge in [0.1, 0.15) is 11.8 Å². The predicted molar refractivity (Wildman–Crippen MR) is 57.1 cm³/mol. The third kappa shape index (κ3) is 4.62. The van der Waals surface area contributed by atoms with Gasteiger partial charge >= 0.3 is 12.3 Å². The van der Waals surface area contributed by atoms with Gasteiger partial charge in [0.2, 0.25) is 0 Å². The number of nitrogens with two attached hydrogens (primary N) is 1. The first-order chi connectivity index (χ1) is 8.29. The Bertz CT molecular complexity index is 420. The number of hydrogen-bond acceptors (Lipinski definition) is 3. The third-order valence-electron chi connectivity index (χ3n) is 2.24. The molecule has 0 radical (unpaired) electrons. The molecule has 0 spiro atoms. The Morgan fingerprint density at radius 3 is 2.56 bits per heavy atom. The predicted octanol–water partition coefficient (Wildman–Crippen LogP) is 1.93. The first kappa shape index (κ1) is 14.3. The molecule has 100 valence electrons. The Hall–Kier alpha value is -1.76. The maximum Gasteiger partial charge on any atom is 0.573 e. The zero-order valence-electron chi connectivity index (χ0n) is 9.28. The van der Waals surface area contributed by atoms with Crippen LogP contribution in [0.15, 0.2) is 24.3 Å². The van der Waals surface area contributed by atoms with Crippen LogP contribution in [0, 0.1) is 0 Å². The molecule has 1 rings (SSSR count). The Kier molecular flexibility index (Phi) is 4.55. The van der Waals surface area contributed by atoms with E-state index in [1.165, 1.54) is 18.2 Å². The molecule has 1 aromatic rings. The second-order valence-corrected chi connectivity index (χ2v) is 3.64. The van der Waals surface area contributed by atoms with Gasteiger partial charge < -0.3 is 15.6 Å². The highest BCUT2D eigenvalue weighted by atomic mass is 19.4. The molecule has 4 nitrogen and oxygen atoms in total. The fraction of sp³-hybridized carbons (Fsp3) is 0.364. The lowest BCUT2D eigenvalue weighted by atomic mass is 10.0. The third-order valence-corrected chi connectivity index (χ3v) is 2.24. The lowest BCUT2D eigenvalue weighted by molar-refractivity contribution is -0.274. The highest BCUT2D eigenvalue weighted by molar-refractivity contribution is 5.73. The van der Waals surface area contributed by atoms with Gasteiger partial charge in [0.25, 0.3) is 0 Å². The highest BCUT2D eigenvalue weighted by Gasteiger charge is 2.32. The van der Waals surface area contributed by atoms with Gasteiger partial charge in [-0.15, -0.1) is 13.2 Å². The van der Waals surface area contributed by atoms with Crippen molar-refractivity contribution in [1.29, 1.82) is 0 Å². The Balaban J connectivity index is 2.73. The van der Waals surface area contributed by atoms with Crippen LogP contribution in [0.4, 0.5) is 13.2 Å². The fourth-order valence-corrected chi connectivity index (χ4v) is 1.37. The van der Waals surface area contributed by atoms with Crippen LogP contribution >= 0.6 is 0 Å². The first-order valence-corrected chi connectivity index (χ1v) is 5.11. The fourth-order valence-electron chi connectivity index (χ4n) is 1.37. The van der Waals surface area contributed by atoms with E-state index in [2.05, 4.69) is 4.74 Å². The van der Waals surface area contributed by atoms with E-state index in [9.17, 15) is 18.0 Å². The van der Waals surface area contributed by atoms with E-state index in [0.29, 0.717) is 0 Å². The van der Waals surface area contributed by atoms with E-state index in [1.54, 1.807) is 6.07 Å². The summed E-state index contributed by atoms with van der Waals surface area (Å²) in [6.07, 6.45) is -4.64. The molecule has 1 aromatic carbocycles. The number of halogens is 3. The van der Waals surface area contributed by atoms with Gasteiger partial charge in [0.15, 0.2) is 0 Å². The van der Waals surface area contributed by atoms with Crippen LogP contribution in [0.3, 0.4) is 0 Å². The number of alkyl halides is 3. The van der Waals surface area contributed by atoms with Gasteiger partial charge in [-0.3, -0.25) is 4.79 Å². The van der Waals surface area contributed by atoms with Crippen LogP contribution in [0.1, 0.15) is 12.0 Å². The summed E-state index contributed by atoms with van der Waals surface area (Å²) in [5.41, 5.74) is 5.55. The van der Waals surface area contributed by atoms with Crippen LogP contribution in [0.25, 0.3) is 0 Å². The largest absolute Gasteiger partial charge is 0.573 e. The molecular formula is C11H12F3NO3. The molecule has 0 unspecified atom stereocenters. The number of carboxylic acid groups (broad SMARTS) is 1. The van der Waals surface area contributed by atoms with E-state index in [-0.39, 0.29) is 24.2 Å². The van der Waals surface area contributed by atoms with Crippen LogP contribution in [-0.2, 0) is 11.2 Å². The van der Waals surface area contributed by atoms with Gasteiger partial charge in [0.05, 0.1) is 0 Å². The van der Waals surface area contributed by atoms with Crippen molar-refractivity contribution in [3.8, 4) is 5.75 Å². The molecule has 0 aliphatic heterocycles. The molecule has 0 aliphatic carbocycles. The average Bonchev–Trinajstić information content (AvgIpc) is 2.25. The molecule has 0 aliphatic rings. The number of aliphatic carboxylic acids is 1. The molecule has 1 atom stereocenters. The number of para-hydroxylation sites is 1. The molecule has 7 heteroatoms. The normalized spacial score (nSPS) is 13.1. The SMILES string of the molecule is N[C@H](CCc1ccccc1OC(F)(F)F)C(=O)O. The summed E-state index contributed by atoms with van der Waals surface area (Å²) in [5, 5.41) is 8.58. The Morgan fingerprint density at radius 1 is 1.39 bits per heavy atom. The van der Waals surface area contributed by atoms with Gasteiger partial charge in [0, 0.05) is 0 Å². The average molecular weight is 263 g/mol. The summed E-state index contributed by atoms with van der Waals surface area (Å²) in [7, 11) is 0. The number of carbonyl (C=O) groups is 1. The maximum absolute atomic E-state index is 12.1. The summed E-state index contributed by atoms with van der Waals surface area (Å²) in [4.78, 5) is 10.5. The van der Waals surface area contributed by atoms with Crippen molar-refractivity contribution < 1.29 is 27.8 Å². The molecule has 18 heavy (non-hydrogen) atoms. The van der Waals surface area contributed by atoms with Gasteiger partial charge in [-0.1, -0.05) is 18.2 Å².